The lowest BCUT2D eigenvalue weighted by Gasteiger charge is -2.16. The summed E-state index contributed by atoms with van der Waals surface area (Å²) in [5, 5.41) is 9.08. The zero-order valence-corrected chi connectivity index (χ0v) is 9.17. The first-order chi connectivity index (χ1) is 6.33. The molecule has 0 bridgehead atoms. The van der Waals surface area contributed by atoms with E-state index in [2.05, 4.69) is 0 Å². The maximum absolute atomic E-state index is 12.9. The summed E-state index contributed by atoms with van der Waals surface area (Å²) in [6.07, 6.45) is -2.62. The van der Waals surface area contributed by atoms with Gasteiger partial charge in [-0.05, 0) is 5.92 Å². The van der Waals surface area contributed by atoms with Gasteiger partial charge in [0.1, 0.15) is 12.3 Å². The fraction of sp³-hybridized carbons (Fsp3) is 1.00. The van der Waals surface area contributed by atoms with Crippen LogP contribution in [-0.4, -0.2) is 48.9 Å². The number of aliphatic hydroxyl groups is 1. The molecular formula is C8H16FNO3S. The van der Waals surface area contributed by atoms with E-state index in [1.54, 1.807) is 13.8 Å². The Morgan fingerprint density at radius 3 is 2.43 bits per heavy atom. The number of nitrogens with zero attached hydrogens (tertiary/aromatic N) is 1. The third kappa shape index (κ3) is 2.65. The molecule has 0 spiro atoms. The number of hydrogen-bond donors (Lipinski definition) is 1. The van der Waals surface area contributed by atoms with Gasteiger partial charge in [-0.1, -0.05) is 13.8 Å². The Kier molecular flexibility index (Phi) is 3.49. The second-order valence-corrected chi connectivity index (χ2v) is 6.09. The summed E-state index contributed by atoms with van der Waals surface area (Å²) in [6, 6.07) is 0. The van der Waals surface area contributed by atoms with Gasteiger partial charge in [0, 0.05) is 13.1 Å². The minimum absolute atomic E-state index is 0.00639. The number of rotatable bonds is 3. The molecule has 0 aliphatic carbocycles. The molecule has 0 radical (unpaired) electrons. The second-order valence-electron chi connectivity index (χ2n) is 4.07. The molecular weight excluding hydrogens is 209 g/mol. The molecule has 1 aliphatic rings. The lowest BCUT2D eigenvalue weighted by molar-refractivity contribution is 0.117. The van der Waals surface area contributed by atoms with E-state index in [0.29, 0.717) is 0 Å². The Hall–Kier alpha value is -0.200. The minimum Gasteiger partial charge on any atom is -0.389 e. The Labute approximate surface area is 83.8 Å². The highest BCUT2D eigenvalue weighted by molar-refractivity contribution is 7.89. The minimum atomic E-state index is -3.39. The highest BCUT2D eigenvalue weighted by Gasteiger charge is 2.37. The molecule has 1 heterocycles. The fourth-order valence-electron chi connectivity index (χ4n) is 1.47. The number of sulfonamides is 1. The molecule has 0 unspecified atom stereocenters. The molecule has 2 atom stereocenters. The van der Waals surface area contributed by atoms with E-state index in [1.165, 1.54) is 0 Å². The molecule has 84 valence electrons. The summed E-state index contributed by atoms with van der Waals surface area (Å²) >= 11 is 0. The van der Waals surface area contributed by atoms with Crippen LogP contribution < -0.4 is 0 Å². The molecule has 1 rings (SSSR count). The first-order valence-corrected chi connectivity index (χ1v) is 6.24. The van der Waals surface area contributed by atoms with Crippen molar-refractivity contribution in [2.24, 2.45) is 5.92 Å². The average molecular weight is 225 g/mol. The summed E-state index contributed by atoms with van der Waals surface area (Å²) in [4.78, 5) is 0. The number of alkyl halides is 1. The first-order valence-electron chi connectivity index (χ1n) is 4.63. The van der Waals surface area contributed by atoms with Crippen LogP contribution in [0.2, 0.25) is 0 Å². The van der Waals surface area contributed by atoms with Crippen LogP contribution in [0.3, 0.4) is 0 Å². The summed E-state index contributed by atoms with van der Waals surface area (Å²) in [5.74, 6) is 0.0164. The summed E-state index contributed by atoms with van der Waals surface area (Å²) in [6.45, 7) is 3.25. The lowest BCUT2D eigenvalue weighted by Crippen LogP contribution is -2.33. The van der Waals surface area contributed by atoms with Crippen LogP contribution in [0.1, 0.15) is 13.8 Å². The SMILES string of the molecule is CC(C)CS(=O)(=O)N1C[C@@H](O)[C@H](F)C1. The van der Waals surface area contributed by atoms with Gasteiger partial charge < -0.3 is 5.11 Å². The largest absolute Gasteiger partial charge is 0.389 e. The van der Waals surface area contributed by atoms with Gasteiger partial charge in [0.2, 0.25) is 10.0 Å². The van der Waals surface area contributed by atoms with Gasteiger partial charge in [0.25, 0.3) is 0 Å². The molecule has 14 heavy (non-hydrogen) atoms. The van der Waals surface area contributed by atoms with E-state index in [0.717, 1.165) is 4.31 Å². The van der Waals surface area contributed by atoms with Crippen molar-refractivity contribution in [3.8, 4) is 0 Å². The predicted molar refractivity (Wildman–Crippen MR) is 51.1 cm³/mol. The van der Waals surface area contributed by atoms with E-state index in [9.17, 15) is 12.8 Å². The van der Waals surface area contributed by atoms with Crippen molar-refractivity contribution in [2.75, 3.05) is 18.8 Å². The zero-order valence-electron chi connectivity index (χ0n) is 8.35. The Bertz CT molecular complexity index is 281. The van der Waals surface area contributed by atoms with Gasteiger partial charge >= 0.3 is 0 Å². The van der Waals surface area contributed by atoms with Crippen LogP contribution in [0.15, 0.2) is 0 Å². The van der Waals surface area contributed by atoms with Crippen LogP contribution in [0.5, 0.6) is 0 Å². The Morgan fingerprint density at radius 2 is 2.07 bits per heavy atom. The van der Waals surface area contributed by atoms with Crippen molar-refractivity contribution in [3.05, 3.63) is 0 Å². The summed E-state index contributed by atoms with van der Waals surface area (Å²) in [5.41, 5.74) is 0. The smallest absolute Gasteiger partial charge is 0.214 e. The molecule has 1 fully saturated rings. The highest BCUT2D eigenvalue weighted by atomic mass is 32.2. The van der Waals surface area contributed by atoms with E-state index in [-0.39, 0.29) is 24.8 Å². The number of β-amino-alcohol motifs (C(OH)–C–C–N with tert-alkyl or cyclic N) is 1. The van der Waals surface area contributed by atoms with Crippen LogP contribution in [0.4, 0.5) is 4.39 Å². The van der Waals surface area contributed by atoms with E-state index in [4.69, 9.17) is 5.11 Å². The van der Waals surface area contributed by atoms with Crippen molar-refractivity contribution >= 4 is 10.0 Å². The number of hydrogen-bond acceptors (Lipinski definition) is 3. The van der Waals surface area contributed by atoms with Gasteiger partial charge in [-0.15, -0.1) is 0 Å². The molecule has 1 aliphatic heterocycles. The highest BCUT2D eigenvalue weighted by Crippen LogP contribution is 2.18. The Morgan fingerprint density at radius 1 is 1.50 bits per heavy atom. The van der Waals surface area contributed by atoms with Gasteiger partial charge in [-0.2, -0.15) is 4.31 Å². The quantitative estimate of drug-likeness (QED) is 0.734. The van der Waals surface area contributed by atoms with Gasteiger partial charge in [0.15, 0.2) is 0 Å². The number of halogens is 1. The average Bonchev–Trinajstić information content (AvgIpc) is 2.30. The predicted octanol–water partition coefficient (Wildman–Crippen LogP) is -0.0132. The van der Waals surface area contributed by atoms with Crippen molar-refractivity contribution in [3.63, 3.8) is 0 Å². The van der Waals surface area contributed by atoms with Gasteiger partial charge in [-0.3, -0.25) is 0 Å². The first kappa shape index (κ1) is 11.9. The van der Waals surface area contributed by atoms with E-state index >= 15 is 0 Å². The summed E-state index contributed by atoms with van der Waals surface area (Å²) in [7, 11) is -3.39. The van der Waals surface area contributed by atoms with Crippen LogP contribution in [-0.2, 0) is 10.0 Å². The molecule has 0 aromatic rings. The molecule has 4 nitrogen and oxygen atoms in total. The monoisotopic (exact) mass is 225 g/mol. The topological polar surface area (TPSA) is 57.6 Å². The molecule has 1 saturated heterocycles. The van der Waals surface area contributed by atoms with Gasteiger partial charge in [0.05, 0.1) is 5.75 Å². The maximum atomic E-state index is 12.9. The third-order valence-corrected chi connectivity index (χ3v) is 4.30. The second kappa shape index (κ2) is 4.12. The molecule has 0 aromatic heterocycles. The van der Waals surface area contributed by atoms with Crippen LogP contribution in [0, 0.1) is 5.92 Å². The van der Waals surface area contributed by atoms with E-state index < -0.39 is 22.3 Å². The third-order valence-electron chi connectivity index (χ3n) is 2.12. The van der Waals surface area contributed by atoms with Crippen molar-refractivity contribution < 1.29 is 17.9 Å². The molecule has 1 N–H and O–H groups in total. The zero-order chi connectivity index (χ0) is 10.9. The normalized spacial score (nSPS) is 30.1. The number of aliphatic hydroxyl groups excluding tert-OH is 1. The van der Waals surface area contributed by atoms with Crippen molar-refractivity contribution in [1.29, 1.82) is 0 Å². The molecule has 6 heteroatoms. The molecule has 0 aromatic carbocycles. The van der Waals surface area contributed by atoms with Crippen molar-refractivity contribution in [1.82, 2.24) is 4.31 Å². The summed E-state index contributed by atoms with van der Waals surface area (Å²) < 4.78 is 37.1. The fourth-order valence-corrected chi connectivity index (χ4v) is 3.27. The lowest BCUT2D eigenvalue weighted by atomic mass is 10.3. The Balaban J connectivity index is 2.66. The van der Waals surface area contributed by atoms with Gasteiger partial charge in [-0.25, -0.2) is 12.8 Å². The standard InChI is InChI=1S/C8H16FNO3S/c1-6(2)5-14(12,13)10-3-7(9)8(11)4-10/h6-8,11H,3-5H2,1-2H3/t7-,8-/m1/s1. The molecule has 0 amide bonds. The van der Waals surface area contributed by atoms with Crippen LogP contribution in [0.25, 0.3) is 0 Å². The molecule has 0 saturated carbocycles. The van der Waals surface area contributed by atoms with E-state index in [1.807, 2.05) is 0 Å². The maximum Gasteiger partial charge on any atom is 0.214 e. The van der Waals surface area contributed by atoms with Crippen molar-refractivity contribution in [2.45, 2.75) is 26.1 Å². The van der Waals surface area contributed by atoms with Crippen LogP contribution >= 0.6 is 0 Å².